The van der Waals surface area contributed by atoms with Gasteiger partial charge in [0.25, 0.3) is 0 Å². The predicted octanol–water partition coefficient (Wildman–Crippen LogP) is 1.56. The molecule has 0 bridgehead atoms. The van der Waals surface area contributed by atoms with Gasteiger partial charge >= 0.3 is 0 Å². The van der Waals surface area contributed by atoms with Gasteiger partial charge in [-0.1, -0.05) is 18.2 Å². The first-order chi connectivity index (χ1) is 16.0. The number of carbonyl (C=O) groups is 2. The third-order valence-corrected chi connectivity index (χ3v) is 6.81. The number of nitrogens with one attached hydrogen (secondary N) is 2. The molecular weight excluding hydrogens is 418 g/mol. The van der Waals surface area contributed by atoms with Crippen molar-refractivity contribution in [2.45, 2.75) is 50.5 Å². The van der Waals surface area contributed by atoms with Gasteiger partial charge in [-0.05, 0) is 49.2 Å². The van der Waals surface area contributed by atoms with E-state index in [1.165, 1.54) is 0 Å². The lowest BCUT2D eigenvalue weighted by molar-refractivity contribution is -0.126. The summed E-state index contributed by atoms with van der Waals surface area (Å²) in [6, 6.07) is 11.9. The SMILES string of the molecule is COc1ccc(CN2CC[C@@H]3[C@H]2C(=O)NC[C@H](CCC(=O)NCc2cccnc2)N3C)cc1. The number of aromatic nitrogens is 1. The molecule has 176 valence electrons. The smallest absolute Gasteiger partial charge is 0.239 e. The van der Waals surface area contributed by atoms with Crippen LogP contribution in [0.4, 0.5) is 0 Å². The van der Waals surface area contributed by atoms with Crippen LogP contribution in [0.2, 0.25) is 0 Å². The van der Waals surface area contributed by atoms with Crippen molar-refractivity contribution in [2.24, 2.45) is 0 Å². The lowest BCUT2D eigenvalue weighted by Gasteiger charge is -2.33. The summed E-state index contributed by atoms with van der Waals surface area (Å²) in [7, 11) is 3.75. The monoisotopic (exact) mass is 451 g/mol. The van der Waals surface area contributed by atoms with Crippen molar-refractivity contribution >= 4 is 11.8 Å². The van der Waals surface area contributed by atoms with Crippen LogP contribution in [0.15, 0.2) is 48.8 Å². The van der Waals surface area contributed by atoms with Gasteiger partial charge in [0.1, 0.15) is 11.8 Å². The number of pyridine rings is 1. The van der Waals surface area contributed by atoms with Crippen molar-refractivity contribution in [3.63, 3.8) is 0 Å². The second-order valence-corrected chi connectivity index (χ2v) is 8.86. The zero-order valence-electron chi connectivity index (χ0n) is 19.4. The average molecular weight is 452 g/mol. The molecule has 2 amide bonds. The minimum Gasteiger partial charge on any atom is -0.497 e. The Morgan fingerprint density at radius 2 is 2.06 bits per heavy atom. The first-order valence-corrected chi connectivity index (χ1v) is 11.6. The van der Waals surface area contributed by atoms with Gasteiger partial charge in [-0.15, -0.1) is 0 Å². The number of benzene rings is 1. The summed E-state index contributed by atoms with van der Waals surface area (Å²) in [4.78, 5) is 34.0. The molecule has 0 unspecified atom stereocenters. The van der Waals surface area contributed by atoms with Crippen LogP contribution in [0.1, 0.15) is 30.4 Å². The highest BCUT2D eigenvalue weighted by atomic mass is 16.5. The van der Waals surface area contributed by atoms with Gasteiger partial charge in [-0.3, -0.25) is 24.4 Å². The number of likely N-dealkylation sites (N-methyl/N-ethyl adjacent to an activating group) is 1. The maximum absolute atomic E-state index is 13.0. The summed E-state index contributed by atoms with van der Waals surface area (Å²) in [5.41, 5.74) is 2.15. The highest BCUT2D eigenvalue weighted by Gasteiger charge is 2.44. The number of ether oxygens (including phenoxy) is 1. The number of carbonyl (C=O) groups excluding carboxylic acids is 2. The van der Waals surface area contributed by atoms with Gasteiger partial charge in [0, 0.05) is 57.1 Å². The summed E-state index contributed by atoms with van der Waals surface area (Å²) in [5, 5.41) is 6.09. The number of likely N-dealkylation sites (tertiary alicyclic amines) is 1. The first-order valence-electron chi connectivity index (χ1n) is 11.6. The molecule has 8 heteroatoms. The standard InChI is InChI=1S/C25H33N5O3/c1-29-20(7-10-23(31)27-15-19-4-3-12-26-14-19)16-28-25(32)24-22(29)11-13-30(24)17-18-5-8-21(33-2)9-6-18/h3-6,8-9,12,14,20,22,24H,7,10-11,13,15-17H2,1-2H3,(H,27,31)(H,28,32)/t20-,22+,24-/m0/s1. The van der Waals surface area contributed by atoms with Gasteiger partial charge in [-0.25, -0.2) is 0 Å². The third kappa shape index (κ3) is 5.69. The van der Waals surface area contributed by atoms with Crippen LogP contribution in [0, 0.1) is 0 Å². The van der Waals surface area contributed by atoms with Crippen molar-refractivity contribution in [3.05, 3.63) is 59.9 Å². The van der Waals surface area contributed by atoms with E-state index in [9.17, 15) is 9.59 Å². The molecule has 2 aliphatic heterocycles. The molecule has 0 spiro atoms. The molecule has 0 saturated carbocycles. The number of amides is 2. The lowest BCUT2D eigenvalue weighted by Crippen LogP contribution is -2.49. The summed E-state index contributed by atoms with van der Waals surface area (Å²) >= 11 is 0. The Morgan fingerprint density at radius 1 is 1.24 bits per heavy atom. The molecule has 1 aromatic heterocycles. The van der Waals surface area contributed by atoms with Crippen LogP contribution in [0.3, 0.4) is 0 Å². The van der Waals surface area contributed by atoms with Crippen LogP contribution < -0.4 is 15.4 Å². The number of nitrogens with zero attached hydrogens (tertiary/aromatic N) is 3. The maximum Gasteiger partial charge on any atom is 0.239 e. The quantitative estimate of drug-likeness (QED) is 0.634. The van der Waals surface area contributed by atoms with Crippen LogP contribution in [0.5, 0.6) is 5.75 Å². The molecule has 3 atom stereocenters. The average Bonchev–Trinajstić information content (AvgIpc) is 3.22. The molecule has 4 rings (SSSR count). The fourth-order valence-corrected chi connectivity index (χ4v) is 4.88. The summed E-state index contributed by atoms with van der Waals surface area (Å²) in [5.74, 6) is 0.936. The van der Waals surface area contributed by atoms with E-state index < -0.39 is 0 Å². The van der Waals surface area contributed by atoms with E-state index in [0.29, 0.717) is 25.9 Å². The largest absolute Gasteiger partial charge is 0.497 e. The van der Waals surface area contributed by atoms with Gasteiger partial charge < -0.3 is 15.4 Å². The Morgan fingerprint density at radius 3 is 2.79 bits per heavy atom. The van der Waals surface area contributed by atoms with E-state index >= 15 is 0 Å². The predicted molar refractivity (Wildman–Crippen MR) is 125 cm³/mol. The van der Waals surface area contributed by atoms with E-state index in [1.807, 2.05) is 24.3 Å². The van der Waals surface area contributed by atoms with Gasteiger partial charge in [0.15, 0.2) is 0 Å². The molecule has 2 fully saturated rings. The zero-order chi connectivity index (χ0) is 23.2. The Labute approximate surface area is 195 Å². The van der Waals surface area contributed by atoms with E-state index in [4.69, 9.17) is 4.74 Å². The minimum atomic E-state index is -0.179. The van der Waals surface area contributed by atoms with E-state index in [-0.39, 0.29) is 29.9 Å². The van der Waals surface area contributed by atoms with Crippen molar-refractivity contribution in [1.82, 2.24) is 25.4 Å². The Hall–Kier alpha value is -2.97. The Bertz CT molecular complexity index is 937. The Kier molecular flexibility index (Phi) is 7.57. The van der Waals surface area contributed by atoms with Crippen LogP contribution in [-0.4, -0.2) is 72.0 Å². The van der Waals surface area contributed by atoms with E-state index in [0.717, 1.165) is 36.4 Å². The number of rotatable bonds is 8. The fourth-order valence-electron chi connectivity index (χ4n) is 4.88. The number of hydrogen-bond donors (Lipinski definition) is 2. The number of hydrogen-bond acceptors (Lipinski definition) is 6. The summed E-state index contributed by atoms with van der Waals surface area (Å²) in [6.45, 7) is 2.65. The van der Waals surface area contributed by atoms with E-state index in [1.54, 1.807) is 19.5 Å². The molecule has 33 heavy (non-hydrogen) atoms. The van der Waals surface area contributed by atoms with Crippen molar-refractivity contribution in [2.75, 3.05) is 27.2 Å². The lowest BCUT2D eigenvalue weighted by atomic mass is 10.0. The molecule has 0 aliphatic carbocycles. The summed E-state index contributed by atoms with van der Waals surface area (Å²) in [6.07, 6.45) is 5.55. The molecule has 0 radical (unpaired) electrons. The minimum absolute atomic E-state index is 0.0203. The molecule has 2 saturated heterocycles. The number of fused-ring (bicyclic) bond motifs is 1. The third-order valence-electron chi connectivity index (χ3n) is 6.81. The molecule has 8 nitrogen and oxygen atoms in total. The normalized spacial score (nSPS) is 23.5. The maximum atomic E-state index is 13.0. The van der Waals surface area contributed by atoms with Crippen LogP contribution in [0.25, 0.3) is 0 Å². The van der Waals surface area contributed by atoms with Crippen LogP contribution in [-0.2, 0) is 22.7 Å². The van der Waals surface area contributed by atoms with Crippen molar-refractivity contribution in [3.8, 4) is 5.75 Å². The summed E-state index contributed by atoms with van der Waals surface area (Å²) < 4.78 is 5.25. The molecule has 2 aromatic rings. The molecule has 3 heterocycles. The fraction of sp³-hybridized carbons (Fsp3) is 0.480. The number of methoxy groups -OCH3 is 1. The first kappa shape index (κ1) is 23.2. The zero-order valence-corrected chi connectivity index (χ0v) is 19.4. The highest BCUT2D eigenvalue weighted by molar-refractivity contribution is 5.83. The second kappa shape index (κ2) is 10.8. The highest BCUT2D eigenvalue weighted by Crippen LogP contribution is 2.29. The topological polar surface area (TPSA) is 86.8 Å². The Balaban J connectivity index is 1.32. The van der Waals surface area contributed by atoms with Crippen molar-refractivity contribution in [1.29, 1.82) is 0 Å². The molecule has 1 aromatic carbocycles. The molecular formula is C25H33N5O3. The van der Waals surface area contributed by atoms with E-state index in [2.05, 4.69) is 44.6 Å². The van der Waals surface area contributed by atoms with Gasteiger partial charge in [0.05, 0.1) is 7.11 Å². The van der Waals surface area contributed by atoms with Gasteiger partial charge in [0.2, 0.25) is 11.8 Å². The van der Waals surface area contributed by atoms with Gasteiger partial charge in [-0.2, -0.15) is 0 Å². The molecule has 2 N–H and O–H groups in total. The van der Waals surface area contributed by atoms with Crippen molar-refractivity contribution < 1.29 is 14.3 Å². The second-order valence-electron chi connectivity index (χ2n) is 8.86. The molecule has 2 aliphatic rings. The van der Waals surface area contributed by atoms with Crippen LogP contribution >= 0.6 is 0 Å².